The Morgan fingerprint density at radius 3 is 2.68 bits per heavy atom. The average Bonchev–Trinajstić information content (AvgIpc) is 3.31. The van der Waals surface area contributed by atoms with E-state index in [-0.39, 0.29) is 29.7 Å². The molecule has 152 valence electrons. The van der Waals surface area contributed by atoms with Crippen molar-refractivity contribution >= 4 is 11.8 Å². The molecule has 0 atom stereocenters. The molecule has 9 heteroatoms. The molecule has 0 bridgehead atoms. The Kier molecular flexibility index (Phi) is 6.43. The van der Waals surface area contributed by atoms with E-state index in [0.29, 0.717) is 24.5 Å². The van der Waals surface area contributed by atoms with Gasteiger partial charge in [-0.3, -0.25) is 14.3 Å². The number of hydrogen-bond acceptors (Lipinski definition) is 6. The van der Waals surface area contributed by atoms with Crippen molar-refractivity contribution < 1.29 is 14.0 Å². The van der Waals surface area contributed by atoms with Crippen LogP contribution in [-0.4, -0.2) is 44.4 Å². The molecule has 1 fully saturated rings. The van der Waals surface area contributed by atoms with E-state index in [1.54, 1.807) is 4.68 Å². The number of aryl methyl sites for hydroxylation is 1. The highest BCUT2D eigenvalue weighted by molar-refractivity contribution is 5.93. The Bertz CT molecular complexity index is 804. The second-order valence-corrected chi connectivity index (χ2v) is 7.66. The first kappa shape index (κ1) is 20.0. The molecular weight excluding hydrogens is 360 g/mol. The number of oxazole rings is 1. The fourth-order valence-corrected chi connectivity index (χ4v) is 3.53. The number of hydrogen-bond donors (Lipinski definition) is 2. The van der Waals surface area contributed by atoms with Gasteiger partial charge in [-0.15, -0.1) is 5.10 Å². The van der Waals surface area contributed by atoms with Crippen LogP contribution in [0.3, 0.4) is 0 Å². The summed E-state index contributed by atoms with van der Waals surface area (Å²) in [7, 11) is 0. The lowest BCUT2D eigenvalue weighted by Crippen LogP contribution is -2.41. The van der Waals surface area contributed by atoms with Gasteiger partial charge in [0.05, 0.1) is 12.2 Å². The van der Waals surface area contributed by atoms with Gasteiger partial charge in [0.25, 0.3) is 5.91 Å². The molecule has 2 amide bonds. The average molecular weight is 388 g/mol. The van der Waals surface area contributed by atoms with Gasteiger partial charge in [-0.1, -0.05) is 19.1 Å². The summed E-state index contributed by atoms with van der Waals surface area (Å²) in [4.78, 5) is 28.9. The maximum atomic E-state index is 12.5. The van der Waals surface area contributed by atoms with Crippen LogP contribution in [0.5, 0.6) is 0 Å². The smallest absolute Gasteiger partial charge is 0.273 e. The molecule has 2 aromatic rings. The molecule has 0 aliphatic heterocycles. The minimum absolute atomic E-state index is 0.0103. The van der Waals surface area contributed by atoms with Gasteiger partial charge in [0.2, 0.25) is 5.91 Å². The molecule has 0 spiro atoms. The summed E-state index contributed by atoms with van der Waals surface area (Å²) >= 11 is 0. The fourth-order valence-electron chi connectivity index (χ4n) is 3.53. The quantitative estimate of drug-likeness (QED) is 0.747. The van der Waals surface area contributed by atoms with Crippen molar-refractivity contribution in [3.05, 3.63) is 29.7 Å². The Hall–Kier alpha value is -2.71. The van der Waals surface area contributed by atoms with Crippen LogP contribution in [0.25, 0.3) is 0 Å². The van der Waals surface area contributed by atoms with Crippen LogP contribution in [0.1, 0.15) is 67.4 Å². The van der Waals surface area contributed by atoms with Gasteiger partial charge in [-0.2, -0.15) is 0 Å². The molecule has 1 aliphatic rings. The van der Waals surface area contributed by atoms with Crippen LogP contribution < -0.4 is 10.6 Å². The minimum atomic E-state index is -0.200. The summed E-state index contributed by atoms with van der Waals surface area (Å²) in [6, 6.07) is 0.0615. The van der Waals surface area contributed by atoms with Gasteiger partial charge in [0.15, 0.2) is 12.1 Å². The molecule has 2 heterocycles. The second kappa shape index (κ2) is 8.99. The number of rotatable bonds is 7. The zero-order chi connectivity index (χ0) is 20.1. The zero-order valence-electron chi connectivity index (χ0n) is 16.6. The fraction of sp³-hybridized carbons (Fsp3) is 0.632. The van der Waals surface area contributed by atoms with E-state index in [1.165, 1.54) is 6.39 Å². The predicted octanol–water partition coefficient (Wildman–Crippen LogP) is 1.80. The van der Waals surface area contributed by atoms with Crippen molar-refractivity contribution in [3.8, 4) is 0 Å². The normalized spacial score (nSPS) is 19.6. The van der Waals surface area contributed by atoms with E-state index in [9.17, 15) is 9.59 Å². The number of nitrogens with zero attached hydrogens (tertiary/aromatic N) is 4. The van der Waals surface area contributed by atoms with Crippen LogP contribution in [0.4, 0.5) is 0 Å². The summed E-state index contributed by atoms with van der Waals surface area (Å²) in [5.41, 5.74) is 1.22. The van der Waals surface area contributed by atoms with Crippen LogP contribution in [0.2, 0.25) is 0 Å². The van der Waals surface area contributed by atoms with Crippen LogP contribution in [-0.2, 0) is 11.3 Å². The highest BCUT2D eigenvalue weighted by atomic mass is 16.3. The van der Waals surface area contributed by atoms with Crippen molar-refractivity contribution in [2.45, 2.75) is 65.0 Å². The molecule has 1 aliphatic carbocycles. The van der Waals surface area contributed by atoms with Gasteiger partial charge in [0, 0.05) is 30.6 Å². The Labute approximate surface area is 164 Å². The largest absolute Gasteiger partial charge is 0.447 e. The Balaban J connectivity index is 1.40. The summed E-state index contributed by atoms with van der Waals surface area (Å²) < 4.78 is 7.04. The third-order valence-corrected chi connectivity index (χ3v) is 5.06. The van der Waals surface area contributed by atoms with E-state index in [0.717, 1.165) is 31.4 Å². The number of amides is 2. The maximum absolute atomic E-state index is 12.5. The Morgan fingerprint density at radius 2 is 2.04 bits per heavy atom. The molecule has 1 saturated carbocycles. The standard InChI is InChI=1S/C19H28N6O3/c1-12(2)17-16(21-11-28-17)19(27)22-15-6-4-14(5-7-15)18(26)20-8-9-25-10-13(3)23-24-25/h10-12,14-15H,4-9H2,1-3H3,(H,20,26)(H,22,27). The van der Waals surface area contributed by atoms with Crippen LogP contribution in [0.15, 0.2) is 17.0 Å². The summed E-state index contributed by atoms with van der Waals surface area (Å²) in [6.45, 7) is 6.94. The lowest BCUT2D eigenvalue weighted by atomic mass is 9.85. The van der Waals surface area contributed by atoms with Crippen molar-refractivity contribution in [2.75, 3.05) is 6.54 Å². The summed E-state index contributed by atoms with van der Waals surface area (Å²) in [5, 5.41) is 13.9. The van der Waals surface area contributed by atoms with Gasteiger partial charge in [-0.05, 0) is 32.6 Å². The number of carbonyl (C=O) groups excluding carboxylic acids is 2. The molecule has 3 rings (SSSR count). The highest BCUT2D eigenvalue weighted by Crippen LogP contribution is 2.25. The molecule has 0 saturated heterocycles. The first-order valence-corrected chi connectivity index (χ1v) is 9.82. The second-order valence-electron chi connectivity index (χ2n) is 7.66. The third kappa shape index (κ3) is 4.96. The van der Waals surface area contributed by atoms with Gasteiger partial charge in [-0.25, -0.2) is 4.98 Å². The number of carbonyl (C=O) groups is 2. The number of nitrogens with one attached hydrogen (secondary N) is 2. The topological polar surface area (TPSA) is 115 Å². The molecule has 28 heavy (non-hydrogen) atoms. The van der Waals surface area contributed by atoms with Gasteiger partial charge >= 0.3 is 0 Å². The monoisotopic (exact) mass is 388 g/mol. The van der Waals surface area contributed by atoms with E-state index < -0.39 is 0 Å². The number of aromatic nitrogens is 4. The molecule has 0 radical (unpaired) electrons. The van der Waals surface area contributed by atoms with E-state index in [2.05, 4.69) is 25.9 Å². The Morgan fingerprint density at radius 1 is 1.29 bits per heavy atom. The third-order valence-electron chi connectivity index (χ3n) is 5.06. The molecule has 2 N–H and O–H groups in total. The molecule has 9 nitrogen and oxygen atoms in total. The predicted molar refractivity (Wildman–Crippen MR) is 102 cm³/mol. The molecule has 2 aromatic heterocycles. The highest BCUT2D eigenvalue weighted by Gasteiger charge is 2.28. The van der Waals surface area contributed by atoms with E-state index in [1.807, 2.05) is 27.0 Å². The molecule has 0 unspecified atom stereocenters. The van der Waals surface area contributed by atoms with E-state index >= 15 is 0 Å². The SMILES string of the molecule is Cc1cn(CCNC(=O)C2CCC(NC(=O)c3ncoc3C(C)C)CC2)nn1. The van der Waals surface area contributed by atoms with E-state index in [4.69, 9.17) is 4.42 Å². The van der Waals surface area contributed by atoms with Crippen molar-refractivity contribution in [1.82, 2.24) is 30.6 Å². The van der Waals surface area contributed by atoms with Crippen molar-refractivity contribution in [2.24, 2.45) is 5.92 Å². The van der Waals surface area contributed by atoms with Crippen LogP contribution >= 0.6 is 0 Å². The maximum Gasteiger partial charge on any atom is 0.273 e. The first-order chi connectivity index (χ1) is 13.4. The zero-order valence-corrected chi connectivity index (χ0v) is 16.6. The molecule has 0 aromatic carbocycles. The van der Waals surface area contributed by atoms with Gasteiger partial charge in [0.1, 0.15) is 5.76 Å². The van der Waals surface area contributed by atoms with Gasteiger partial charge < -0.3 is 15.1 Å². The minimum Gasteiger partial charge on any atom is -0.447 e. The lowest BCUT2D eigenvalue weighted by molar-refractivity contribution is -0.126. The summed E-state index contributed by atoms with van der Waals surface area (Å²) in [5.74, 6) is 0.565. The summed E-state index contributed by atoms with van der Waals surface area (Å²) in [6.07, 6.45) is 6.23. The van der Waals surface area contributed by atoms with Crippen LogP contribution in [0, 0.1) is 12.8 Å². The van der Waals surface area contributed by atoms with Crippen molar-refractivity contribution in [1.29, 1.82) is 0 Å². The lowest BCUT2D eigenvalue weighted by Gasteiger charge is -2.28. The van der Waals surface area contributed by atoms with Crippen molar-refractivity contribution in [3.63, 3.8) is 0 Å². The molecular formula is C19H28N6O3. The first-order valence-electron chi connectivity index (χ1n) is 9.82.